The van der Waals surface area contributed by atoms with E-state index in [0.717, 1.165) is 5.57 Å². The first kappa shape index (κ1) is 21.5. The minimum atomic E-state index is -0.610. The van der Waals surface area contributed by atoms with Crippen LogP contribution < -0.4 is 10.8 Å². The Kier molecular flexibility index (Phi) is 7.22. The SMILES string of the molecule is C=CCONC(=O)N1C[C@H](C)C(c2cnco2)=CC1CNC(=O)OC(C)(C)C. The number of carbonyl (C=O) groups excluding carboxylic acids is 2. The highest BCUT2D eigenvalue weighted by Gasteiger charge is 2.32. The van der Waals surface area contributed by atoms with E-state index in [-0.39, 0.29) is 19.1 Å². The summed E-state index contributed by atoms with van der Waals surface area (Å²) < 4.78 is 10.7. The van der Waals surface area contributed by atoms with Gasteiger partial charge in [-0.25, -0.2) is 20.1 Å². The molecule has 154 valence electrons. The van der Waals surface area contributed by atoms with Crippen molar-refractivity contribution in [2.24, 2.45) is 5.92 Å². The van der Waals surface area contributed by atoms with Crippen LogP contribution in [0.1, 0.15) is 33.5 Å². The van der Waals surface area contributed by atoms with Crippen molar-refractivity contribution in [1.82, 2.24) is 20.7 Å². The van der Waals surface area contributed by atoms with Crippen LogP contribution in [0.3, 0.4) is 0 Å². The zero-order chi connectivity index (χ0) is 20.7. The van der Waals surface area contributed by atoms with Crippen LogP contribution in [-0.2, 0) is 9.57 Å². The third-order valence-corrected chi connectivity index (χ3v) is 3.97. The van der Waals surface area contributed by atoms with Gasteiger partial charge in [0, 0.05) is 19.0 Å². The number of ether oxygens (including phenoxy) is 1. The molecule has 0 saturated carbocycles. The monoisotopic (exact) mass is 392 g/mol. The van der Waals surface area contributed by atoms with Crippen LogP contribution in [-0.4, -0.2) is 53.3 Å². The summed E-state index contributed by atoms with van der Waals surface area (Å²) in [5.41, 5.74) is 2.70. The maximum atomic E-state index is 12.5. The van der Waals surface area contributed by atoms with E-state index in [2.05, 4.69) is 22.4 Å². The predicted octanol–water partition coefficient (Wildman–Crippen LogP) is 2.73. The van der Waals surface area contributed by atoms with Gasteiger partial charge in [-0.2, -0.15) is 0 Å². The summed E-state index contributed by atoms with van der Waals surface area (Å²) in [6.07, 6.45) is 5.86. The number of carbonyl (C=O) groups is 2. The Bertz CT molecular complexity index is 708. The van der Waals surface area contributed by atoms with E-state index in [1.54, 1.807) is 31.9 Å². The molecule has 1 aromatic heterocycles. The van der Waals surface area contributed by atoms with Gasteiger partial charge in [0.2, 0.25) is 0 Å². The third kappa shape index (κ3) is 6.12. The molecular formula is C19H28N4O5. The molecule has 0 aliphatic carbocycles. The van der Waals surface area contributed by atoms with Crippen molar-refractivity contribution >= 4 is 17.7 Å². The van der Waals surface area contributed by atoms with Gasteiger partial charge in [0.1, 0.15) is 11.4 Å². The van der Waals surface area contributed by atoms with E-state index in [1.807, 2.05) is 13.0 Å². The molecule has 2 rings (SSSR count). The number of aromatic nitrogens is 1. The van der Waals surface area contributed by atoms with Gasteiger partial charge in [-0.05, 0) is 26.3 Å². The van der Waals surface area contributed by atoms with Crippen molar-refractivity contribution < 1.29 is 23.6 Å². The third-order valence-electron chi connectivity index (χ3n) is 3.97. The van der Waals surface area contributed by atoms with Crippen LogP contribution in [0, 0.1) is 5.92 Å². The van der Waals surface area contributed by atoms with Gasteiger partial charge in [-0.15, -0.1) is 6.58 Å². The first-order valence-corrected chi connectivity index (χ1v) is 9.08. The van der Waals surface area contributed by atoms with Gasteiger partial charge < -0.3 is 19.4 Å². The lowest BCUT2D eigenvalue weighted by atomic mass is 9.91. The molecule has 1 aliphatic heterocycles. The number of nitrogens with one attached hydrogen (secondary N) is 2. The topological polar surface area (TPSA) is 106 Å². The van der Waals surface area contributed by atoms with Gasteiger partial charge in [-0.1, -0.05) is 19.1 Å². The van der Waals surface area contributed by atoms with Crippen LogP contribution >= 0.6 is 0 Å². The van der Waals surface area contributed by atoms with Crippen molar-refractivity contribution in [1.29, 1.82) is 0 Å². The average molecular weight is 392 g/mol. The molecule has 9 heteroatoms. The lowest BCUT2D eigenvalue weighted by molar-refractivity contribution is 0.0484. The molecular weight excluding hydrogens is 364 g/mol. The van der Waals surface area contributed by atoms with Crippen molar-refractivity contribution in [3.63, 3.8) is 0 Å². The molecule has 2 atom stereocenters. The molecule has 9 nitrogen and oxygen atoms in total. The second-order valence-electron chi connectivity index (χ2n) is 7.50. The minimum Gasteiger partial charge on any atom is -0.444 e. The fraction of sp³-hybridized carbons (Fsp3) is 0.526. The normalized spacial score (nSPS) is 19.6. The first-order valence-electron chi connectivity index (χ1n) is 9.08. The van der Waals surface area contributed by atoms with Crippen molar-refractivity contribution in [2.75, 3.05) is 19.7 Å². The Balaban J connectivity index is 2.15. The standard InChI is InChI=1S/C19H28N4O5/c1-6-7-27-22-17(24)23-11-13(2)15(16-10-20-12-26-16)8-14(23)9-21-18(25)28-19(3,4)5/h6,8,10,12-14H,1,7,9,11H2,2-5H3,(H,21,25)(H,22,24)/t13-,14?/m0/s1. The zero-order valence-corrected chi connectivity index (χ0v) is 16.7. The highest BCUT2D eigenvalue weighted by molar-refractivity contribution is 5.77. The molecule has 0 radical (unpaired) electrons. The molecule has 2 N–H and O–H groups in total. The van der Waals surface area contributed by atoms with E-state index < -0.39 is 23.8 Å². The Hall–Kier alpha value is -2.81. The number of nitrogens with zero attached hydrogens (tertiary/aromatic N) is 2. The number of rotatable bonds is 6. The van der Waals surface area contributed by atoms with Crippen LogP contribution in [0.5, 0.6) is 0 Å². The number of amides is 3. The number of hydrogen-bond donors (Lipinski definition) is 2. The van der Waals surface area contributed by atoms with E-state index >= 15 is 0 Å². The fourth-order valence-electron chi connectivity index (χ4n) is 2.80. The number of hydrogen-bond acceptors (Lipinski definition) is 6. The van der Waals surface area contributed by atoms with Crippen LogP contribution in [0.15, 0.2) is 35.7 Å². The molecule has 28 heavy (non-hydrogen) atoms. The summed E-state index contributed by atoms with van der Waals surface area (Å²) in [4.78, 5) is 35.2. The molecule has 3 amide bonds. The maximum Gasteiger partial charge on any atom is 0.407 e. The molecule has 0 fully saturated rings. The first-order chi connectivity index (χ1) is 13.2. The quantitative estimate of drug-likeness (QED) is 0.438. The van der Waals surface area contributed by atoms with E-state index in [1.165, 1.54) is 12.5 Å². The van der Waals surface area contributed by atoms with E-state index in [9.17, 15) is 9.59 Å². The zero-order valence-electron chi connectivity index (χ0n) is 16.7. The van der Waals surface area contributed by atoms with Crippen LogP contribution in [0.4, 0.5) is 9.59 Å². The molecule has 0 aromatic carbocycles. The lowest BCUT2D eigenvalue weighted by Gasteiger charge is -2.37. The molecule has 1 aliphatic rings. The van der Waals surface area contributed by atoms with Crippen molar-refractivity contribution in [3.8, 4) is 0 Å². The Morgan fingerprint density at radius 1 is 1.46 bits per heavy atom. The minimum absolute atomic E-state index is 0.0101. The van der Waals surface area contributed by atoms with Gasteiger partial charge in [0.25, 0.3) is 0 Å². The molecule has 0 spiro atoms. The van der Waals surface area contributed by atoms with E-state index in [0.29, 0.717) is 12.3 Å². The molecule has 1 aromatic rings. The van der Waals surface area contributed by atoms with Gasteiger partial charge in [0.15, 0.2) is 6.39 Å². The second-order valence-corrected chi connectivity index (χ2v) is 7.50. The predicted molar refractivity (Wildman–Crippen MR) is 103 cm³/mol. The number of alkyl carbamates (subject to hydrolysis) is 1. The lowest BCUT2D eigenvalue weighted by Crippen LogP contribution is -2.53. The van der Waals surface area contributed by atoms with Gasteiger partial charge in [0.05, 0.1) is 18.8 Å². The summed E-state index contributed by atoms with van der Waals surface area (Å²) in [6, 6.07) is -0.825. The summed E-state index contributed by atoms with van der Waals surface area (Å²) in [7, 11) is 0. The Morgan fingerprint density at radius 3 is 2.82 bits per heavy atom. The summed E-state index contributed by atoms with van der Waals surface area (Å²) in [6.45, 7) is 11.7. The van der Waals surface area contributed by atoms with Crippen LogP contribution in [0.2, 0.25) is 0 Å². The smallest absolute Gasteiger partial charge is 0.407 e. The molecule has 1 unspecified atom stereocenters. The Labute approximate surface area is 164 Å². The molecule has 0 saturated heterocycles. The second kappa shape index (κ2) is 9.41. The average Bonchev–Trinajstić information content (AvgIpc) is 3.13. The van der Waals surface area contributed by atoms with Crippen molar-refractivity contribution in [2.45, 2.75) is 39.3 Å². The van der Waals surface area contributed by atoms with Gasteiger partial charge >= 0.3 is 12.1 Å². The number of urea groups is 1. The highest BCUT2D eigenvalue weighted by Crippen LogP contribution is 2.30. The van der Waals surface area contributed by atoms with Gasteiger partial charge in [-0.3, -0.25) is 4.84 Å². The Morgan fingerprint density at radius 2 is 2.21 bits per heavy atom. The fourth-order valence-corrected chi connectivity index (χ4v) is 2.80. The number of oxazole rings is 1. The van der Waals surface area contributed by atoms with Crippen molar-refractivity contribution in [3.05, 3.63) is 37.1 Å². The molecule has 0 bridgehead atoms. The van der Waals surface area contributed by atoms with E-state index in [4.69, 9.17) is 14.0 Å². The number of hydroxylamine groups is 1. The van der Waals surface area contributed by atoms with Crippen LogP contribution in [0.25, 0.3) is 5.57 Å². The molecule has 2 heterocycles. The largest absolute Gasteiger partial charge is 0.444 e. The summed E-state index contributed by atoms with van der Waals surface area (Å²) in [5.74, 6) is 0.647. The summed E-state index contributed by atoms with van der Waals surface area (Å²) in [5, 5.41) is 2.71. The maximum absolute atomic E-state index is 12.5. The summed E-state index contributed by atoms with van der Waals surface area (Å²) >= 11 is 0. The highest BCUT2D eigenvalue weighted by atomic mass is 16.7.